The van der Waals surface area contributed by atoms with Crippen LogP contribution in [0, 0.1) is 0 Å². The number of aliphatic hydroxyl groups excluding tert-OH is 1. The van der Waals surface area contributed by atoms with Gasteiger partial charge in [-0.3, -0.25) is 0 Å². The van der Waals surface area contributed by atoms with E-state index in [-0.39, 0.29) is 5.88 Å². The highest BCUT2D eigenvalue weighted by Crippen LogP contribution is 2.34. The molecule has 0 bridgehead atoms. The molecule has 1 aromatic heterocycles. The Morgan fingerprint density at radius 3 is 2.55 bits per heavy atom. The van der Waals surface area contributed by atoms with Crippen molar-refractivity contribution in [3.05, 3.63) is 20.3 Å². The fraction of sp³-hybridized carbons (Fsp3) is 0.333. The smallest absolute Gasteiger partial charge is 0.112 e. The Labute approximate surface area is 83.5 Å². The molecular weight excluding hydrogens is 226 g/mol. The molecule has 11 heavy (non-hydrogen) atoms. The summed E-state index contributed by atoms with van der Waals surface area (Å²) in [6.45, 7) is 0. The van der Waals surface area contributed by atoms with Crippen LogP contribution in [-0.4, -0.2) is 11.0 Å². The van der Waals surface area contributed by atoms with Gasteiger partial charge in [-0.05, 0) is 6.07 Å². The fourth-order valence-electron chi connectivity index (χ4n) is 0.604. The van der Waals surface area contributed by atoms with Crippen molar-refractivity contribution in [2.75, 3.05) is 5.88 Å². The molecule has 1 atom stereocenters. The van der Waals surface area contributed by atoms with E-state index in [4.69, 9.17) is 34.8 Å². The fourth-order valence-corrected chi connectivity index (χ4v) is 2.24. The van der Waals surface area contributed by atoms with E-state index < -0.39 is 6.10 Å². The first-order chi connectivity index (χ1) is 5.15. The average molecular weight is 232 g/mol. The van der Waals surface area contributed by atoms with Gasteiger partial charge in [0.1, 0.15) is 10.4 Å². The Balaban J connectivity index is 2.88. The van der Waals surface area contributed by atoms with Gasteiger partial charge in [0, 0.05) is 4.88 Å². The third-order valence-corrected chi connectivity index (χ3v) is 3.40. The van der Waals surface area contributed by atoms with Crippen LogP contribution in [0.1, 0.15) is 11.0 Å². The Bertz CT molecular complexity index is 228. The van der Waals surface area contributed by atoms with E-state index in [1.165, 1.54) is 11.3 Å². The van der Waals surface area contributed by atoms with Crippen LogP contribution in [0.4, 0.5) is 0 Å². The van der Waals surface area contributed by atoms with Gasteiger partial charge in [-0.1, -0.05) is 23.2 Å². The first kappa shape index (κ1) is 9.62. The SMILES string of the molecule is OC(CCl)c1cc(Cl)c(Cl)s1. The average Bonchev–Trinajstić information content (AvgIpc) is 2.31. The Kier molecular flexibility index (Phi) is 3.47. The summed E-state index contributed by atoms with van der Waals surface area (Å²) in [4.78, 5) is 0.704. The maximum Gasteiger partial charge on any atom is 0.112 e. The largest absolute Gasteiger partial charge is 0.386 e. The molecule has 5 heteroatoms. The molecule has 0 aliphatic heterocycles. The number of hydrogen-bond donors (Lipinski definition) is 1. The van der Waals surface area contributed by atoms with Crippen molar-refractivity contribution in [2.45, 2.75) is 6.10 Å². The zero-order valence-electron chi connectivity index (χ0n) is 5.35. The van der Waals surface area contributed by atoms with Crippen LogP contribution in [0.3, 0.4) is 0 Å². The molecule has 1 unspecified atom stereocenters. The minimum absolute atomic E-state index is 0.160. The van der Waals surface area contributed by atoms with Gasteiger partial charge in [0.05, 0.1) is 10.9 Å². The first-order valence-electron chi connectivity index (χ1n) is 2.84. The second-order valence-electron chi connectivity index (χ2n) is 1.94. The van der Waals surface area contributed by atoms with Gasteiger partial charge in [0.25, 0.3) is 0 Å². The van der Waals surface area contributed by atoms with E-state index >= 15 is 0 Å². The zero-order valence-corrected chi connectivity index (χ0v) is 8.44. The van der Waals surface area contributed by atoms with Crippen molar-refractivity contribution >= 4 is 46.1 Å². The van der Waals surface area contributed by atoms with Crippen molar-refractivity contribution < 1.29 is 5.11 Å². The van der Waals surface area contributed by atoms with Crippen molar-refractivity contribution in [1.29, 1.82) is 0 Å². The summed E-state index contributed by atoms with van der Waals surface area (Å²) in [5.74, 6) is 0.160. The van der Waals surface area contributed by atoms with Gasteiger partial charge in [0.15, 0.2) is 0 Å². The quantitative estimate of drug-likeness (QED) is 0.774. The Hall–Kier alpha value is 0.530. The molecule has 0 aliphatic carbocycles. The van der Waals surface area contributed by atoms with Gasteiger partial charge in [0.2, 0.25) is 0 Å². The topological polar surface area (TPSA) is 20.2 Å². The highest BCUT2D eigenvalue weighted by molar-refractivity contribution is 7.17. The summed E-state index contributed by atoms with van der Waals surface area (Å²) >= 11 is 18.0. The molecular formula is C6H5Cl3OS. The lowest BCUT2D eigenvalue weighted by Crippen LogP contribution is -1.93. The van der Waals surface area contributed by atoms with E-state index in [0.29, 0.717) is 14.2 Å². The zero-order chi connectivity index (χ0) is 8.43. The van der Waals surface area contributed by atoms with Crippen molar-refractivity contribution in [3.63, 3.8) is 0 Å². The Morgan fingerprint density at radius 1 is 1.55 bits per heavy atom. The van der Waals surface area contributed by atoms with Crippen LogP contribution in [0.15, 0.2) is 6.07 Å². The van der Waals surface area contributed by atoms with Gasteiger partial charge in [-0.2, -0.15) is 0 Å². The normalized spacial score (nSPS) is 13.5. The van der Waals surface area contributed by atoms with E-state index in [1.807, 2.05) is 0 Å². The third kappa shape index (κ3) is 2.23. The molecule has 0 saturated heterocycles. The molecule has 1 rings (SSSR count). The van der Waals surface area contributed by atoms with Gasteiger partial charge < -0.3 is 5.11 Å². The number of halogens is 3. The number of thiophene rings is 1. The van der Waals surface area contributed by atoms with Crippen LogP contribution in [0.2, 0.25) is 9.36 Å². The first-order valence-corrected chi connectivity index (χ1v) is 4.94. The van der Waals surface area contributed by atoms with Gasteiger partial charge >= 0.3 is 0 Å². The predicted octanol–water partition coefficient (Wildman–Crippen LogP) is 3.33. The van der Waals surface area contributed by atoms with Crippen LogP contribution in [0.5, 0.6) is 0 Å². The summed E-state index contributed by atoms with van der Waals surface area (Å²) in [5, 5.41) is 9.70. The van der Waals surface area contributed by atoms with E-state index in [2.05, 4.69) is 0 Å². The summed E-state index contributed by atoms with van der Waals surface area (Å²) < 4.78 is 0.492. The summed E-state index contributed by atoms with van der Waals surface area (Å²) in [6, 6.07) is 1.63. The number of alkyl halides is 1. The van der Waals surface area contributed by atoms with Gasteiger partial charge in [-0.15, -0.1) is 22.9 Å². The van der Waals surface area contributed by atoms with E-state index in [1.54, 1.807) is 6.07 Å². The summed E-state index contributed by atoms with van der Waals surface area (Å²) in [7, 11) is 0. The van der Waals surface area contributed by atoms with E-state index in [0.717, 1.165) is 0 Å². The number of hydrogen-bond acceptors (Lipinski definition) is 2. The number of rotatable bonds is 2. The van der Waals surface area contributed by atoms with Crippen molar-refractivity contribution in [2.24, 2.45) is 0 Å². The maximum atomic E-state index is 9.23. The Morgan fingerprint density at radius 2 is 2.18 bits per heavy atom. The highest BCUT2D eigenvalue weighted by atomic mass is 35.5. The summed E-state index contributed by atoms with van der Waals surface area (Å²) in [6.07, 6.45) is -0.660. The molecule has 1 aromatic rings. The minimum Gasteiger partial charge on any atom is -0.386 e. The van der Waals surface area contributed by atoms with Gasteiger partial charge in [-0.25, -0.2) is 0 Å². The summed E-state index contributed by atoms with van der Waals surface area (Å²) in [5.41, 5.74) is 0. The molecule has 1 nitrogen and oxygen atoms in total. The molecule has 1 heterocycles. The standard InChI is InChI=1S/C6H5Cl3OS/c7-2-4(10)5-1-3(8)6(9)11-5/h1,4,10H,2H2. The maximum absolute atomic E-state index is 9.23. The van der Waals surface area contributed by atoms with E-state index in [9.17, 15) is 5.11 Å². The lowest BCUT2D eigenvalue weighted by molar-refractivity contribution is 0.206. The lowest BCUT2D eigenvalue weighted by Gasteiger charge is -2.00. The predicted molar refractivity (Wildman–Crippen MR) is 50.0 cm³/mol. The van der Waals surface area contributed by atoms with Crippen molar-refractivity contribution in [3.8, 4) is 0 Å². The molecule has 0 spiro atoms. The molecule has 0 fully saturated rings. The second-order valence-corrected chi connectivity index (χ2v) is 4.34. The molecule has 0 aromatic carbocycles. The van der Waals surface area contributed by atoms with Crippen LogP contribution < -0.4 is 0 Å². The van der Waals surface area contributed by atoms with Crippen molar-refractivity contribution in [1.82, 2.24) is 0 Å². The third-order valence-electron chi connectivity index (χ3n) is 1.14. The van der Waals surface area contributed by atoms with Crippen LogP contribution in [0.25, 0.3) is 0 Å². The molecule has 0 aliphatic rings. The molecule has 0 radical (unpaired) electrons. The monoisotopic (exact) mass is 230 g/mol. The molecule has 1 N–H and O–H groups in total. The number of aliphatic hydroxyl groups is 1. The second kappa shape index (κ2) is 3.97. The minimum atomic E-state index is -0.660. The molecule has 0 amide bonds. The molecule has 0 saturated carbocycles. The molecule has 62 valence electrons. The lowest BCUT2D eigenvalue weighted by atomic mass is 10.3. The highest BCUT2D eigenvalue weighted by Gasteiger charge is 2.11. The van der Waals surface area contributed by atoms with Crippen LogP contribution >= 0.6 is 46.1 Å². The van der Waals surface area contributed by atoms with Crippen LogP contribution in [-0.2, 0) is 0 Å².